The third-order valence-electron chi connectivity index (χ3n) is 2.97. The summed E-state index contributed by atoms with van der Waals surface area (Å²) in [6.45, 7) is 0.0954. The molecule has 0 bridgehead atoms. The van der Waals surface area contributed by atoms with E-state index in [4.69, 9.17) is 0 Å². The van der Waals surface area contributed by atoms with Crippen molar-refractivity contribution in [2.24, 2.45) is 0 Å². The maximum absolute atomic E-state index is 13.5. The predicted molar refractivity (Wildman–Crippen MR) is 69.8 cm³/mol. The topological polar surface area (TPSA) is 40.7 Å². The molecule has 19 heavy (non-hydrogen) atoms. The van der Waals surface area contributed by atoms with Crippen LogP contribution in [0, 0.1) is 11.6 Å². The highest BCUT2D eigenvalue weighted by molar-refractivity contribution is 5.81. The van der Waals surface area contributed by atoms with E-state index < -0.39 is 11.6 Å². The molecule has 5 heteroatoms. The number of aromatic amines is 1. The highest BCUT2D eigenvalue weighted by atomic mass is 19.1. The van der Waals surface area contributed by atoms with E-state index in [0.29, 0.717) is 0 Å². The normalized spacial score (nSPS) is 10.8. The van der Waals surface area contributed by atoms with Crippen LogP contribution in [0.4, 0.5) is 14.5 Å². The Labute approximate surface area is 108 Å². The number of H-pyrrole nitrogens is 1. The van der Waals surface area contributed by atoms with Crippen molar-refractivity contribution in [2.45, 2.75) is 6.54 Å². The number of hydrogen-bond donors (Lipinski definition) is 2. The Balaban J connectivity index is 1.82. The Kier molecular flexibility index (Phi) is 2.87. The van der Waals surface area contributed by atoms with Gasteiger partial charge in [-0.25, -0.2) is 8.78 Å². The monoisotopic (exact) mass is 259 g/mol. The maximum atomic E-state index is 13.5. The third kappa shape index (κ3) is 2.27. The lowest BCUT2D eigenvalue weighted by atomic mass is 10.2. The first kappa shape index (κ1) is 11.6. The summed E-state index contributed by atoms with van der Waals surface area (Å²) in [6, 6.07) is 9.43. The molecule has 96 valence electrons. The summed E-state index contributed by atoms with van der Waals surface area (Å²) in [4.78, 5) is 0. The van der Waals surface area contributed by atoms with E-state index in [2.05, 4.69) is 15.5 Å². The van der Waals surface area contributed by atoms with Gasteiger partial charge < -0.3 is 5.32 Å². The molecule has 0 saturated carbocycles. The molecule has 0 aliphatic heterocycles. The van der Waals surface area contributed by atoms with Crippen molar-refractivity contribution in [1.82, 2.24) is 10.2 Å². The van der Waals surface area contributed by atoms with Gasteiger partial charge >= 0.3 is 0 Å². The highest BCUT2D eigenvalue weighted by Crippen LogP contribution is 2.19. The quantitative estimate of drug-likeness (QED) is 0.756. The summed E-state index contributed by atoms with van der Waals surface area (Å²) in [6.07, 6.45) is 1.72. The fourth-order valence-corrected chi connectivity index (χ4v) is 1.94. The summed E-state index contributed by atoms with van der Waals surface area (Å²) in [5.74, 6) is -1.09. The van der Waals surface area contributed by atoms with Crippen LogP contribution in [0.5, 0.6) is 0 Å². The molecule has 0 radical (unpaired) electrons. The standard InChI is InChI=1S/C14H11F2N3/c15-12-2-1-3-13(16)11(12)8-17-10-5-4-9-7-18-19-14(9)6-10/h1-7,17H,8H2,(H,18,19). The van der Waals surface area contributed by atoms with Crippen LogP contribution in [0.25, 0.3) is 10.9 Å². The zero-order valence-electron chi connectivity index (χ0n) is 9.95. The number of fused-ring (bicyclic) bond motifs is 1. The van der Waals surface area contributed by atoms with Crippen LogP contribution < -0.4 is 5.32 Å². The number of anilines is 1. The van der Waals surface area contributed by atoms with Crippen molar-refractivity contribution in [3.8, 4) is 0 Å². The number of aromatic nitrogens is 2. The predicted octanol–water partition coefficient (Wildman–Crippen LogP) is 3.45. The van der Waals surface area contributed by atoms with Crippen LogP contribution in [0.2, 0.25) is 0 Å². The minimum atomic E-state index is -0.546. The summed E-state index contributed by atoms with van der Waals surface area (Å²) in [5, 5.41) is 10.7. The molecule has 0 aliphatic rings. The zero-order valence-corrected chi connectivity index (χ0v) is 9.95. The van der Waals surface area contributed by atoms with Gasteiger partial charge in [0.1, 0.15) is 11.6 Å². The van der Waals surface area contributed by atoms with E-state index in [1.807, 2.05) is 18.2 Å². The molecule has 0 unspecified atom stereocenters. The summed E-state index contributed by atoms with van der Waals surface area (Å²) < 4.78 is 26.9. The van der Waals surface area contributed by atoms with Gasteiger partial charge in [0.25, 0.3) is 0 Å². The molecule has 0 spiro atoms. The van der Waals surface area contributed by atoms with Gasteiger partial charge in [-0.2, -0.15) is 5.10 Å². The van der Waals surface area contributed by atoms with Gasteiger partial charge in [-0.1, -0.05) is 6.07 Å². The molecule has 1 aromatic heterocycles. The number of halogens is 2. The van der Waals surface area contributed by atoms with E-state index in [1.165, 1.54) is 18.2 Å². The minimum absolute atomic E-state index is 0.0345. The highest BCUT2D eigenvalue weighted by Gasteiger charge is 2.07. The molecule has 0 saturated heterocycles. The van der Waals surface area contributed by atoms with Gasteiger partial charge in [-0.15, -0.1) is 0 Å². The van der Waals surface area contributed by atoms with Crippen LogP contribution in [-0.2, 0) is 6.54 Å². The van der Waals surface area contributed by atoms with Gasteiger partial charge in [0, 0.05) is 23.2 Å². The lowest BCUT2D eigenvalue weighted by molar-refractivity contribution is 0.560. The van der Waals surface area contributed by atoms with E-state index in [1.54, 1.807) is 6.20 Å². The van der Waals surface area contributed by atoms with Crippen LogP contribution in [0.1, 0.15) is 5.56 Å². The molecule has 2 N–H and O–H groups in total. The second-order valence-corrected chi connectivity index (χ2v) is 4.23. The molecule has 0 fully saturated rings. The van der Waals surface area contributed by atoms with Crippen molar-refractivity contribution in [3.63, 3.8) is 0 Å². The average Bonchev–Trinajstić information content (AvgIpc) is 2.85. The maximum Gasteiger partial charge on any atom is 0.131 e. The number of nitrogens with zero attached hydrogens (tertiary/aromatic N) is 1. The summed E-state index contributed by atoms with van der Waals surface area (Å²) in [5.41, 5.74) is 1.69. The third-order valence-corrected chi connectivity index (χ3v) is 2.97. The number of hydrogen-bond acceptors (Lipinski definition) is 2. The minimum Gasteiger partial charge on any atom is -0.381 e. The van der Waals surface area contributed by atoms with E-state index in [9.17, 15) is 8.78 Å². The Morgan fingerprint density at radius 2 is 1.89 bits per heavy atom. The van der Waals surface area contributed by atoms with Crippen molar-refractivity contribution in [1.29, 1.82) is 0 Å². The molecule has 3 aromatic rings. The largest absolute Gasteiger partial charge is 0.381 e. The first-order chi connectivity index (χ1) is 9.24. The molecular weight excluding hydrogens is 248 g/mol. The summed E-state index contributed by atoms with van der Waals surface area (Å²) in [7, 11) is 0. The number of rotatable bonds is 3. The van der Waals surface area contributed by atoms with Gasteiger partial charge in [0.2, 0.25) is 0 Å². The Morgan fingerprint density at radius 3 is 2.68 bits per heavy atom. The van der Waals surface area contributed by atoms with Crippen molar-refractivity contribution in [2.75, 3.05) is 5.32 Å². The van der Waals surface area contributed by atoms with Crippen LogP contribution in [0.15, 0.2) is 42.6 Å². The first-order valence-electron chi connectivity index (χ1n) is 5.84. The lowest BCUT2D eigenvalue weighted by Gasteiger charge is -2.08. The molecule has 0 atom stereocenters. The first-order valence-corrected chi connectivity index (χ1v) is 5.84. The van der Waals surface area contributed by atoms with Crippen molar-refractivity contribution < 1.29 is 8.78 Å². The fourth-order valence-electron chi connectivity index (χ4n) is 1.94. The van der Waals surface area contributed by atoms with E-state index in [-0.39, 0.29) is 12.1 Å². The van der Waals surface area contributed by atoms with Gasteiger partial charge in [0.15, 0.2) is 0 Å². The van der Waals surface area contributed by atoms with Gasteiger partial charge in [-0.3, -0.25) is 5.10 Å². The molecule has 1 heterocycles. The molecular formula is C14H11F2N3. The fraction of sp³-hybridized carbons (Fsp3) is 0.0714. The lowest BCUT2D eigenvalue weighted by Crippen LogP contribution is -2.04. The van der Waals surface area contributed by atoms with Crippen LogP contribution in [0.3, 0.4) is 0 Å². The SMILES string of the molecule is Fc1cccc(F)c1CNc1ccc2cn[nH]c2c1. The van der Waals surface area contributed by atoms with E-state index >= 15 is 0 Å². The Morgan fingerprint density at radius 1 is 1.11 bits per heavy atom. The van der Waals surface area contributed by atoms with Crippen molar-refractivity contribution >= 4 is 16.6 Å². The second kappa shape index (κ2) is 4.68. The molecule has 0 aliphatic carbocycles. The summed E-state index contributed by atoms with van der Waals surface area (Å²) >= 11 is 0. The second-order valence-electron chi connectivity index (χ2n) is 4.23. The van der Waals surface area contributed by atoms with Crippen molar-refractivity contribution in [3.05, 3.63) is 59.8 Å². The Bertz CT molecular complexity index is 701. The van der Waals surface area contributed by atoms with Gasteiger partial charge in [0.05, 0.1) is 11.7 Å². The molecule has 3 nitrogen and oxygen atoms in total. The zero-order chi connectivity index (χ0) is 13.2. The van der Waals surface area contributed by atoms with Gasteiger partial charge in [-0.05, 0) is 30.3 Å². The van der Waals surface area contributed by atoms with Crippen LogP contribution in [-0.4, -0.2) is 10.2 Å². The Hall–Kier alpha value is -2.43. The number of nitrogens with one attached hydrogen (secondary N) is 2. The number of benzene rings is 2. The van der Waals surface area contributed by atoms with E-state index in [0.717, 1.165) is 16.6 Å². The average molecular weight is 259 g/mol. The molecule has 3 rings (SSSR count). The molecule has 0 amide bonds. The smallest absolute Gasteiger partial charge is 0.131 e. The molecule has 2 aromatic carbocycles. The van der Waals surface area contributed by atoms with Crippen LogP contribution >= 0.6 is 0 Å².